The van der Waals surface area contributed by atoms with Gasteiger partial charge in [-0.1, -0.05) is 48.5 Å². The number of ether oxygens (including phenoxy) is 1. The van der Waals surface area contributed by atoms with Crippen LogP contribution in [0.25, 0.3) is 16.9 Å². The van der Waals surface area contributed by atoms with Crippen LogP contribution in [0.5, 0.6) is 0 Å². The van der Waals surface area contributed by atoms with Crippen LogP contribution in [-0.4, -0.2) is 40.7 Å². The lowest BCUT2D eigenvalue weighted by atomic mass is 10.1. The molecule has 0 unspecified atom stereocenters. The van der Waals surface area contributed by atoms with Crippen molar-refractivity contribution in [2.75, 3.05) is 13.2 Å². The van der Waals surface area contributed by atoms with Gasteiger partial charge in [-0.25, -0.2) is 9.48 Å². The normalized spacial score (nSPS) is 10.3. The van der Waals surface area contributed by atoms with E-state index in [2.05, 4.69) is 10.4 Å². The Morgan fingerprint density at radius 1 is 1.00 bits per heavy atom. The van der Waals surface area contributed by atoms with Gasteiger partial charge >= 0.3 is 5.97 Å². The van der Waals surface area contributed by atoms with Crippen molar-refractivity contribution in [1.82, 2.24) is 15.1 Å². The number of rotatable bonds is 7. The molecular formula is C20H18N4O4. The monoisotopic (exact) mass is 378 g/mol. The van der Waals surface area contributed by atoms with E-state index in [0.717, 1.165) is 11.3 Å². The number of nitrogens with two attached hydrogens (primary N) is 1. The van der Waals surface area contributed by atoms with Crippen molar-refractivity contribution < 1.29 is 19.1 Å². The van der Waals surface area contributed by atoms with Gasteiger partial charge in [-0.2, -0.15) is 5.10 Å². The molecule has 0 fully saturated rings. The molecule has 1 aromatic heterocycles. The Kier molecular flexibility index (Phi) is 5.81. The molecule has 0 aliphatic heterocycles. The Morgan fingerprint density at radius 2 is 1.64 bits per heavy atom. The zero-order valence-electron chi connectivity index (χ0n) is 14.9. The fourth-order valence-corrected chi connectivity index (χ4v) is 2.49. The Balaban J connectivity index is 1.84. The number of nitrogens with one attached hydrogen (secondary N) is 1. The van der Waals surface area contributed by atoms with Gasteiger partial charge in [-0.15, -0.1) is 0 Å². The first-order valence-corrected chi connectivity index (χ1v) is 8.47. The number of benzene rings is 2. The SMILES string of the molecule is NC(=O)CNC(=O)COC(=O)c1cn(-c2ccccc2)nc1-c1ccccc1. The highest BCUT2D eigenvalue weighted by Crippen LogP contribution is 2.24. The van der Waals surface area contributed by atoms with Gasteiger partial charge in [-0.3, -0.25) is 9.59 Å². The highest BCUT2D eigenvalue weighted by atomic mass is 16.5. The maximum atomic E-state index is 12.6. The van der Waals surface area contributed by atoms with Gasteiger partial charge in [-0.05, 0) is 12.1 Å². The van der Waals surface area contributed by atoms with Gasteiger partial charge in [0, 0.05) is 11.8 Å². The number of nitrogens with zero attached hydrogens (tertiary/aromatic N) is 2. The van der Waals surface area contributed by atoms with Crippen LogP contribution in [-0.2, 0) is 14.3 Å². The molecule has 0 spiro atoms. The van der Waals surface area contributed by atoms with Crippen molar-refractivity contribution in [3.8, 4) is 16.9 Å². The summed E-state index contributed by atoms with van der Waals surface area (Å²) in [4.78, 5) is 34.9. The maximum absolute atomic E-state index is 12.6. The molecule has 3 N–H and O–H groups in total. The van der Waals surface area contributed by atoms with Crippen molar-refractivity contribution in [2.45, 2.75) is 0 Å². The standard InChI is InChI=1S/C20H18N4O4/c21-17(25)11-22-18(26)13-28-20(27)16-12-24(15-9-5-2-6-10-15)23-19(16)14-7-3-1-4-8-14/h1-10,12H,11,13H2,(H2,21,25)(H,22,26). The number of carbonyl (C=O) groups excluding carboxylic acids is 3. The number of hydrogen-bond acceptors (Lipinski definition) is 5. The minimum absolute atomic E-state index is 0.220. The van der Waals surface area contributed by atoms with Gasteiger partial charge in [0.1, 0.15) is 11.3 Å². The summed E-state index contributed by atoms with van der Waals surface area (Å²) in [5.74, 6) is -2.01. The molecule has 8 nitrogen and oxygen atoms in total. The molecule has 8 heteroatoms. The Hall–Kier alpha value is -3.94. The zero-order chi connectivity index (χ0) is 19.9. The molecule has 3 rings (SSSR count). The van der Waals surface area contributed by atoms with Crippen LogP contribution in [0.1, 0.15) is 10.4 Å². The van der Waals surface area contributed by atoms with Crippen LogP contribution in [0.3, 0.4) is 0 Å². The molecule has 0 aliphatic rings. The van der Waals surface area contributed by atoms with Crippen LogP contribution in [0.2, 0.25) is 0 Å². The largest absolute Gasteiger partial charge is 0.452 e. The van der Waals surface area contributed by atoms with Gasteiger partial charge in [0.05, 0.1) is 12.2 Å². The summed E-state index contributed by atoms with van der Waals surface area (Å²) in [6, 6.07) is 18.5. The average Bonchev–Trinajstić information content (AvgIpc) is 3.17. The lowest BCUT2D eigenvalue weighted by Gasteiger charge is -2.05. The molecule has 0 radical (unpaired) electrons. The summed E-state index contributed by atoms with van der Waals surface area (Å²) in [5, 5.41) is 6.77. The first-order valence-electron chi connectivity index (χ1n) is 8.47. The zero-order valence-corrected chi connectivity index (χ0v) is 14.9. The second kappa shape index (κ2) is 8.63. The van der Waals surface area contributed by atoms with Crippen LogP contribution in [0.4, 0.5) is 0 Å². The summed E-state index contributed by atoms with van der Waals surface area (Å²) in [6.07, 6.45) is 1.56. The number of primary amides is 1. The van der Waals surface area contributed by atoms with E-state index in [-0.39, 0.29) is 12.1 Å². The molecule has 0 bridgehead atoms. The Morgan fingerprint density at radius 3 is 2.29 bits per heavy atom. The van der Waals surface area contributed by atoms with E-state index in [9.17, 15) is 14.4 Å². The van der Waals surface area contributed by atoms with Gasteiger partial charge in [0.15, 0.2) is 6.61 Å². The average molecular weight is 378 g/mol. The number of para-hydroxylation sites is 1. The molecule has 0 atom stereocenters. The molecule has 142 valence electrons. The smallest absolute Gasteiger partial charge is 0.342 e. The first-order chi connectivity index (χ1) is 13.5. The van der Waals surface area contributed by atoms with Crippen molar-refractivity contribution in [3.63, 3.8) is 0 Å². The molecule has 3 aromatic rings. The van der Waals surface area contributed by atoms with E-state index in [4.69, 9.17) is 10.5 Å². The Bertz CT molecular complexity index is 984. The van der Waals surface area contributed by atoms with Crippen LogP contribution < -0.4 is 11.1 Å². The summed E-state index contributed by atoms with van der Waals surface area (Å²) in [5.41, 5.74) is 7.13. The fraction of sp³-hybridized carbons (Fsp3) is 0.100. The predicted molar refractivity (Wildman–Crippen MR) is 101 cm³/mol. The third kappa shape index (κ3) is 4.61. The molecule has 1 heterocycles. The highest BCUT2D eigenvalue weighted by molar-refractivity contribution is 5.97. The van der Waals surface area contributed by atoms with Crippen molar-refractivity contribution in [3.05, 3.63) is 72.4 Å². The topological polar surface area (TPSA) is 116 Å². The molecule has 28 heavy (non-hydrogen) atoms. The summed E-state index contributed by atoms with van der Waals surface area (Å²) >= 11 is 0. The van der Waals surface area contributed by atoms with Gasteiger partial charge < -0.3 is 15.8 Å². The molecule has 0 saturated carbocycles. The first kappa shape index (κ1) is 18.8. The summed E-state index contributed by atoms with van der Waals surface area (Å²) in [7, 11) is 0. The number of aromatic nitrogens is 2. The number of amides is 2. The van der Waals surface area contributed by atoms with Crippen LogP contribution in [0, 0.1) is 0 Å². The third-order valence-corrected chi connectivity index (χ3v) is 3.80. The van der Waals surface area contributed by atoms with Crippen molar-refractivity contribution in [1.29, 1.82) is 0 Å². The highest BCUT2D eigenvalue weighted by Gasteiger charge is 2.20. The van der Waals surface area contributed by atoms with E-state index >= 15 is 0 Å². The second-order valence-corrected chi connectivity index (χ2v) is 5.86. The maximum Gasteiger partial charge on any atom is 0.342 e. The lowest BCUT2D eigenvalue weighted by molar-refractivity contribution is -0.127. The minimum atomic E-state index is -0.699. The van der Waals surface area contributed by atoms with Crippen molar-refractivity contribution >= 4 is 17.8 Å². The van der Waals surface area contributed by atoms with E-state index < -0.39 is 24.4 Å². The third-order valence-electron chi connectivity index (χ3n) is 3.80. The predicted octanol–water partition coefficient (Wildman–Crippen LogP) is 1.30. The fourth-order valence-electron chi connectivity index (χ4n) is 2.49. The summed E-state index contributed by atoms with van der Waals surface area (Å²) in [6.45, 7) is -0.853. The van der Waals surface area contributed by atoms with E-state index in [1.807, 2.05) is 60.7 Å². The van der Waals surface area contributed by atoms with Crippen molar-refractivity contribution in [2.24, 2.45) is 5.73 Å². The number of hydrogen-bond donors (Lipinski definition) is 2. The Labute approximate surface area is 160 Å². The van der Waals surface area contributed by atoms with Gasteiger partial charge in [0.25, 0.3) is 5.91 Å². The molecule has 2 amide bonds. The van der Waals surface area contributed by atoms with E-state index in [0.29, 0.717) is 5.69 Å². The quantitative estimate of drug-likeness (QED) is 0.601. The van der Waals surface area contributed by atoms with E-state index in [1.54, 1.807) is 10.9 Å². The van der Waals surface area contributed by atoms with Crippen LogP contribution in [0.15, 0.2) is 66.9 Å². The summed E-state index contributed by atoms with van der Waals surface area (Å²) < 4.78 is 6.65. The van der Waals surface area contributed by atoms with E-state index in [1.165, 1.54) is 0 Å². The minimum Gasteiger partial charge on any atom is -0.452 e. The molecular weight excluding hydrogens is 360 g/mol. The molecule has 2 aromatic carbocycles. The molecule has 0 saturated heterocycles. The second-order valence-electron chi connectivity index (χ2n) is 5.86. The number of esters is 1. The lowest BCUT2D eigenvalue weighted by Crippen LogP contribution is -2.36. The van der Waals surface area contributed by atoms with Crippen LogP contribution >= 0.6 is 0 Å². The van der Waals surface area contributed by atoms with Gasteiger partial charge in [0.2, 0.25) is 5.91 Å². The number of carbonyl (C=O) groups is 3. The molecule has 0 aliphatic carbocycles.